The van der Waals surface area contributed by atoms with Gasteiger partial charge in [0.15, 0.2) is 0 Å². The molecule has 1 aromatic rings. The zero-order chi connectivity index (χ0) is 13.0. The van der Waals surface area contributed by atoms with Gasteiger partial charge in [-0.1, -0.05) is 28.1 Å². The summed E-state index contributed by atoms with van der Waals surface area (Å²) in [4.78, 5) is 11.9. The average molecular weight is 309 g/mol. The summed E-state index contributed by atoms with van der Waals surface area (Å²) in [6.45, 7) is 0.619. The van der Waals surface area contributed by atoms with E-state index in [-0.39, 0.29) is 5.91 Å². The Morgan fingerprint density at radius 1 is 1.50 bits per heavy atom. The Labute approximate surface area is 114 Å². The van der Waals surface area contributed by atoms with E-state index in [9.17, 15) is 4.79 Å². The molecule has 1 saturated heterocycles. The van der Waals surface area contributed by atoms with Crippen LogP contribution in [0.2, 0.25) is 0 Å². The fraction of sp³-hybridized carbons (Fsp3) is 0.385. The molecule has 2 atom stereocenters. The Kier molecular flexibility index (Phi) is 4.34. The molecule has 4 nitrogen and oxygen atoms in total. The highest BCUT2D eigenvalue weighted by molar-refractivity contribution is 9.10. The number of nitrogens with one attached hydrogen (secondary N) is 1. The summed E-state index contributed by atoms with van der Waals surface area (Å²) in [5, 5.41) is 11.8. The maximum Gasteiger partial charge on any atom is 0.250 e. The molecule has 5 heteroatoms. The molecule has 94 valence electrons. The van der Waals surface area contributed by atoms with Crippen molar-refractivity contribution in [2.24, 2.45) is 0 Å². The van der Waals surface area contributed by atoms with Gasteiger partial charge in [-0.25, -0.2) is 0 Å². The molecule has 0 saturated carbocycles. The molecule has 1 fully saturated rings. The van der Waals surface area contributed by atoms with Gasteiger partial charge in [-0.2, -0.15) is 5.26 Å². The first kappa shape index (κ1) is 13.1. The summed E-state index contributed by atoms with van der Waals surface area (Å²) < 4.78 is 6.22. The molecule has 0 aliphatic carbocycles. The molecular formula is C13H13BrN2O2. The Balaban J connectivity index is 2.03. The van der Waals surface area contributed by atoms with Crippen molar-refractivity contribution < 1.29 is 9.53 Å². The monoisotopic (exact) mass is 308 g/mol. The van der Waals surface area contributed by atoms with Crippen LogP contribution in [0.1, 0.15) is 24.4 Å². The first-order valence-corrected chi connectivity index (χ1v) is 6.57. The number of benzene rings is 1. The fourth-order valence-corrected chi connectivity index (χ4v) is 2.13. The molecule has 1 aliphatic heterocycles. The first-order chi connectivity index (χ1) is 8.70. The smallest absolute Gasteiger partial charge is 0.250 e. The summed E-state index contributed by atoms with van der Waals surface area (Å²) in [5.41, 5.74) is 0.770. The van der Waals surface area contributed by atoms with E-state index in [1.807, 2.05) is 24.3 Å². The number of rotatable bonds is 3. The van der Waals surface area contributed by atoms with Gasteiger partial charge in [-0.15, -0.1) is 0 Å². The molecule has 0 bridgehead atoms. The van der Waals surface area contributed by atoms with Crippen molar-refractivity contribution >= 4 is 21.8 Å². The molecule has 0 spiro atoms. The van der Waals surface area contributed by atoms with Gasteiger partial charge < -0.3 is 10.1 Å². The number of hydrogen-bond acceptors (Lipinski definition) is 3. The van der Waals surface area contributed by atoms with Gasteiger partial charge in [0, 0.05) is 11.1 Å². The van der Waals surface area contributed by atoms with Crippen LogP contribution in [0.5, 0.6) is 0 Å². The third kappa shape index (κ3) is 3.09. The predicted molar refractivity (Wildman–Crippen MR) is 69.6 cm³/mol. The van der Waals surface area contributed by atoms with Gasteiger partial charge in [0.05, 0.1) is 6.07 Å². The maximum atomic E-state index is 11.9. The van der Waals surface area contributed by atoms with Crippen LogP contribution >= 0.6 is 15.9 Å². The van der Waals surface area contributed by atoms with E-state index in [1.54, 1.807) is 0 Å². The van der Waals surface area contributed by atoms with Crippen molar-refractivity contribution in [3.63, 3.8) is 0 Å². The number of nitriles is 1. The lowest BCUT2D eigenvalue weighted by Gasteiger charge is -2.15. The van der Waals surface area contributed by atoms with E-state index >= 15 is 0 Å². The summed E-state index contributed by atoms with van der Waals surface area (Å²) in [5.74, 6) is -0.207. The van der Waals surface area contributed by atoms with Crippen LogP contribution in [0.15, 0.2) is 28.7 Å². The zero-order valence-corrected chi connectivity index (χ0v) is 11.3. The van der Waals surface area contributed by atoms with Gasteiger partial charge in [-0.3, -0.25) is 4.79 Å². The third-order valence-corrected chi connectivity index (χ3v) is 3.37. The Morgan fingerprint density at radius 2 is 2.22 bits per heavy atom. The molecule has 0 aromatic heterocycles. The zero-order valence-electron chi connectivity index (χ0n) is 9.73. The van der Waals surface area contributed by atoms with Crippen LogP contribution in [0.3, 0.4) is 0 Å². The van der Waals surface area contributed by atoms with E-state index in [1.165, 1.54) is 0 Å². The molecule has 1 N–H and O–H groups in total. The van der Waals surface area contributed by atoms with E-state index < -0.39 is 12.1 Å². The largest absolute Gasteiger partial charge is 0.368 e. The van der Waals surface area contributed by atoms with Gasteiger partial charge in [0.25, 0.3) is 0 Å². The SMILES string of the molecule is N#CC(NC(=O)C1CCCO1)c1ccc(Br)cc1. The molecule has 18 heavy (non-hydrogen) atoms. The van der Waals surface area contributed by atoms with Gasteiger partial charge in [0.1, 0.15) is 12.1 Å². The highest BCUT2D eigenvalue weighted by Gasteiger charge is 2.25. The van der Waals surface area contributed by atoms with E-state index in [0.717, 1.165) is 22.9 Å². The number of halogens is 1. The average Bonchev–Trinajstić information content (AvgIpc) is 2.91. The lowest BCUT2D eigenvalue weighted by Crippen LogP contribution is -2.36. The second-order valence-corrected chi connectivity index (χ2v) is 5.04. The summed E-state index contributed by atoms with van der Waals surface area (Å²) in [6, 6.07) is 8.78. The minimum absolute atomic E-state index is 0.207. The Morgan fingerprint density at radius 3 is 2.78 bits per heavy atom. The molecule has 2 rings (SSSR count). The van der Waals surface area contributed by atoms with Crippen molar-refractivity contribution in [1.29, 1.82) is 5.26 Å². The number of carbonyl (C=O) groups is 1. The normalized spacial score (nSPS) is 20.1. The van der Waals surface area contributed by atoms with Crippen LogP contribution in [-0.2, 0) is 9.53 Å². The maximum absolute atomic E-state index is 11.9. The molecule has 1 aliphatic rings. The van der Waals surface area contributed by atoms with Crippen LogP contribution in [0.25, 0.3) is 0 Å². The van der Waals surface area contributed by atoms with Gasteiger partial charge in [0.2, 0.25) is 5.91 Å². The molecule has 1 amide bonds. The topological polar surface area (TPSA) is 62.1 Å². The Bertz CT molecular complexity index is 461. The minimum Gasteiger partial charge on any atom is -0.368 e. The quantitative estimate of drug-likeness (QED) is 0.932. The summed E-state index contributed by atoms with van der Waals surface area (Å²) in [6.07, 6.45) is 1.22. The number of hydrogen-bond donors (Lipinski definition) is 1. The van der Waals surface area contributed by atoms with Crippen LogP contribution in [-0.4, -0.2) is 18.6 Å². The number of amides is 1. The molecule has 1 heterocycles. The lowest BCUT2D eigenvalue weighted by molar-refractivity contribution is -0.130. The van der Waals surface area contributed by atoms with E-state index in [0.29, 0.717) is 6.61 Å². The van der Waals surface area contributed by atoms with Crippen molar-refractivity contribution in [2.45, 2.75) is 25.0 Å². The minimum atomic E-state index is -0.630. The second-order valence-electron chi connectivity index (χ2n) is 4.12. The van der Waals surface area contributed by atoms with Crippen molar-refractivity contribution in [3.05, 3.63) is 34.3 Å². The second kappa shape index (κ2) is 5.98. The number of nitrogens with zero attached hydrogens (tertiary/aromatic N) is 1. The molecule has 2 unspecified atom stereocenters. The van der Waals surface area contributed by atoms with Crippen molar-refractivity contribution in [1.82, 2.24) is 5.32 Å². The highest BCUT2D eigenvalue weighted by atomic mass is 79.9. The van der Waals surface area contributed by atoms with Crippen LogP contribution in [0, 0.1) is 11.3 Å². The molecular weight excluding hydrogens is 296 g/mol. The van der Waals surface area contributed by atoms with Gasteiger partial charge in [-0.05, 0) is 30.5 Å². The predicted octanol–water partition coefficient (Wildman–Crippen LogP) is 2.31. The van der Waals surface area contributed by atoms with E-state index in [4.69, 9.17) is 10.00 Å². The van der Waals surface area contributed by atoms with E-state index in [2.05, 4.69) is 27.3 Å². The fourth-order valence-electron chi connectivity index (χ4n) is 1.87. The van der Waals surface area contributed by atoms with Crippen molar-refractivity contribution in [3.8, 4) is 6.07 Å². The summed E-state index contributed by atoms with van der Waals surface area (Å²) >= 11 is 3.33. The number of ether oxygens (including phenoxy) is 1. The van der Waals surface area contributed by atoms with Gasteiger partial charge >= 0.3 is 0 Å². The third-order valence-electron chi connectivity index (χ3n) is 2.84. The van der Waals surface area contributed by atoms with Crippen LogP contribution in [0.4, 0.5) is 0 Å². The number of carbonyl (C=O) groups excluding carboxylic acids is 1. The van der Waals surface area contributed by atoms with Crippen LogP contribution < -0.4 is 5.32 Å². The lowest BCUT2D eigenvalue weighted by atomic mass is 10.1. The molecule has 1 aromatic carbocycles. The Hall–Kier alpha value is -1.38. The standard InChI is InChI=1S/C13H13BrN2O2/c14-10-5-3-9(4-6-10)11(8-15)16-13(17)12-2-1-7-18-12/h3-6,11-12H,1-2,7H2,(H,16,17). The highest BCUT2D eigenvalue weighted by Crippen LogP contribution is 2.18. The summed E-state index contributed by atoms with van der Waals surface area (Å²) in [7, 11) is 0. The van der Waals surface area contributed by atoms with Crippen molar-refractivity contribution in [2.75, 3.05) is 6.61 Å². The first-order valence-electron chi connectivity index (χ1n) is 5.78. The molecule has 0 radical (unpaired) electrons.